The number of aliphatic hydroxyl groups excluding tert-OH is 2. The Bertz CT molecular complexity index is 263. The first-order valence-corrected chi connectivity index (χ1v) is 5.97. The third kappa shape index (κ3) is 6.70. The molecule has 1 heterocycles. The molecule has 6 nitrogen and oxygen atoms in total. The van der Waals surface area contributed by atoms with E-state index in [4.69, 9.17) is 19.3 Å². The first-order valence-electron chi connectivity index (χ1n) is 5.97. The van der Waals surface area contributed by atoms with E-state index < -0.39 is 12.1 Å². The molecule has 0 aromatic rings. The van der Waals surface area contributed by atoms with Gasteiger partial charge in [-0.25, -0.2) is 4.79 Å². The van der Waals surface area contributed by atoms with E-state index in [9.17, 15) is 9.90 Å². The van der Waals surface area contributed by atoms with Crippen molar-refractivity contribution < 1.29 is 29.2 Å². The summed E-state index contributed by atoms with van der Waals surface area (Å²) < 4.78 is 15.1. The number of epoxide rings is 1. The molecule has 1 rings (SSSR count). The molecule has 1 aliphatic rings. The van der Waals surface area contributed by atoms with Crippen LogP contribution in [0.4, 0.5) is 0 Å². The Kier molecular flexibility index (Phi) is 6.89. The van der Waals surface area contributed by atoms with Gasteiger partial charge in [0, 0.05) is 18.9 Å². The van der Waals surface area contributed by atoms with Crippen molar-refractivity contribution in [3.8, 4) is 0 Å². The number of hydrogen-bond acceptors (Lipinski definition) is 6. The van der Waals surface area contributed by atoms with Gasteiger partial charge in [0.25, 0.3) is 0 Å². The average Bonchev–Trinajstić information content (AvgIpc) is 3.18. The largest absolute Gasteiger partial charge is 0.462 e. The molecule has 0 bridgehead atoms. The smallest absolute Gasteiger partial charge is 0.330 e. The molecule has 2 N–H and O–H groups in total. The quantitative estimate of drug-likeness (QED) is 0.316. The van der Waals surface area contributed by atoms with Gasteiger partial charge >= 0.3 is 5.97 Å². The maximum absolute atomic E-state index is 10.7. The fourth-order valence-corrected chi connectivity index (χ4v) is 1.38. The number of carbonyl (C=O) groups excluding carboxylic acids is 1. The zero-order valence-corrected chi connectivity index (χ0v) is 10.3. The van der Waals surface area contributed by atoms with Crippen LogP contribution >= 0.6 is 0 Å². The molecule has 18 heavy (non-hydrogen) atoms. The first-order chi connectivity index (χ1) is 8.65. The molecule has 0 radical (unpaired) electrons. The van der Waals surface area contributed by atoms with Gasteiger partial charge < -0.3 is 24.4 Å². The standard InChI is InChI=1S/C12H20O6/c1-2-12(15)16-4-3-9(14)7-17-10(6-13)5-11-8-18-11/h2,9-11,13-14H,1,3-8H2. The van der Waals surface area contributed by atoms with Crippen molar-refractivity contribution in [2.75, 3.05) is 26.4 Å². The highest BCUT2D eigenvalue weighted by Gasteiger charge is 2.27. The van der Waals surface area contributed by atoms with Gasteiger partial charge in [0.1, 0.15) is 0 Å². The predicted molar refractivity (Wildman–Crippen MR) is 63.0 cm³/mol. The minimum absolute atomic E-state index is 0.0992. The molecule has 1 fully saturated rings. The highest BCUT2D eigenvalue weighted by Crippen LogP contribution is 2.17. The first kappa shape index (κ1) is 15.1. The summed E-state index contributed by atoms with van der Waals surface area (Å²) in [4.78, 5) is 10.7. The Labute approximate surface area is 106 Å². The zero-order chi connectivity index (χ0) is 13.4. The summed E-state index contributed by atoms with van der Waals surface area (Å²) in [6, 6.07) is 0. The van der Waals surface area contributed by atoms with E-state index in [0.29, 0.717) is 13.0 Å². The maximum Gasteiger partial charge on any atom is 0.330 e. The number of esters is 1. The highest BCUT2D eigenvalue weighted by atomic mass is 16.6. The van der Waals surface area contributed by atoms with Gasteiger partial charge in [0.05, 0.1) is 44.7 Å². The lowest BCUT2D eigenvalue weighted by atomic mass is 10.2. The zero-order valence-electron chi connectivity index (χ0n) is 10.3. The molecule has 104 valence electrons. The minimum Gasteiger partial charge on any atom is -0.462 e. The van der Waals surface area contributed by atoms with Crippen molar-refractivity contribution in [3.05, 3.63) is 12.7 Å². The second kappa shape index (κ2) is 8.20. The normalized spacial score (nSPS) is 21.1. The molecule has 0 aromatic heterocycles. The van der Waals surface area contributed by atoms with Crippen molar-refractivity contribution in [1.29, 1.82) is 0 Å². The summed E-state index contributed by atoms with van der Waals surface area (Å²) in [5.74, 6) is -0.512. The van der Waals surface area contributed by atoms with E-state index >= 15 is 0 Å². The van der Waals surface area contributed by atoms with Crippen LogP contribution in [-0.2, 0) is 19.0 Å². The Morgan fingerprint density at radius 1 is 1.61 bits per heavy atom. The second-order valence-corrected chi connectivity index (χ2v) is 4.14. The second-order valence-electron chi connectivity index (χ2n) is 4.14. The van der Waals surface area contributed by atoms with Crippen molar-refractivity contribution in [3.63, 3.8) is 0 Å². The summed E-state index contributed by atoms with van der Waals surface area (Å²) in [6.45, 7) is 4.09. The van der Waals surface area contributed by atoms with Crippen LogP contribution in [0.5, 0.6) is 0 Å². The molecular weight excluding hydrogens is 240 g/mol. The summed E-state index contributed by atoms with van der Waals surface area (Å²) in [5, 5.41) is 18.6. The summed E-state index contributed by atoms with van der Waals surface area (Å²) >= 11 is 0. The molecule has 6 heteroatoms. The molecule has 1 aliphatic heterocycles. The number of ether oxygens (including phenoxy) is 3. The van der Waals surface area contributed by atoms with Gasteiger partial charge in [0.15, 0.2) is 0 Å². The van der Waals surface area contributed by atoms with Gasteiger partial charge in [-0.3, -0.25) is 0 Å². The molecule has 0 amide bonds. The average molecular weight is 260 g/mol. The molecule has 1 saturated heterocycles. The number of rotatable bonds is 10. The third-order valence-electron chi connectivity index (χ3n) is 2.52. The van der Waals surface area contributed by atoms with Crippen molar-refractivity contribution in [2.24, 2.45) is 0 Å². The lowest BCUT2D eigenvalue weighted by molar-refractivity contribution is -0.138. The SMILES string of the molecule is C=CC(=O)OCCC(O)COC(CO)CC1CO1. The van der Waals surface area contributed by atoms with Crippen molar-refractivity contribution in [1.82, 2.24) is 0 Å². The van der Waals surface area contributed by atoms with E-state index in [1.807, 2.05) is 0 Å². The Balaban J connectivity index is 2.04. The lowest BCUT2D eigenvalue weighted by Gasteiger charge is -2.17. The molecule has 3 atom stereocenters. The van der Waals surface area contributed by atoms with Crippen LogP contribution in [0, 0.1) is 0 Å². The van der Waals surface area contributed by atoms with Crippen molar-refractivity contribution >= 4 is 5.97 Å². The molecule has 0 aliphatic carbocycles. The van der Waals surface area contributed by atoms with Gasteiger partial charge in [-0.05, 0) is 0 Å². The van der Waals surface area contributed by atoms with Crippen LogP contribution in [0.1, 0.15) is 12.8 Å². The Morgan fingerprint density at radius 2 is 2.33 bits per heavy atom. The Hall–Kier alpha value is -0.950. The Morgan fingerprint density at radius 3 is 2.89 bits per heavy atom. The number of hydrogen-bond donors (Lipinski definition) is 2. The lowest BCUT2D eigenvalue weighted by Crippen LogP contribution is -2.26. The summed E-state index contributed by atoms with van der Waals surface area (Å²) in [5.41, 5.74) is 0. The molecule has 0 saturated carbocycles. The van der Waals surface area contributed by atoms with Gasteiger partial charge in [-0.2, -0.15) is 0 Å². The van der Waals surface area contributed by atoms with Gasteiger partial charge in [0.2, 0.25) is 0 Å². The summed E-state index contributed by atoms with van der Waals surface area (Å²) in [6.07, 6.45) is 1.12. The van der Waals surface area contributed by atoms with E-state index in [2.05, 4.69) is 6.58 Å². The predicted octanol–water partition coefficient (Wildman–Crippen LogP) is -0.367. The topological polar surface area (TPSA) is 88.5 Å². The van der Waals surface area contributed by atoms with E-state index in [1.165, 1.54) is 0 Å². The third-order valence-corrected chi connectivity index (χ3v) is 2.52. The van der Waals surface area contributed by atoms with Crippen molar-refractivity contribution in [2.45, 2.75) is 31.2 Å². The fourth-order valence-electron chi connectivity index (χ4n) is 1.38. The summed E-state index contributed by atoms with van der Waals surface area (Å²) in [7, 11) is 0. The van der Waals surface area contributed by atoms with Crippen LogP contribution in [0.3, 0.4) is 0 Å². The van der Waals surface area contributed by atoms with E-state index in [0.717, 1.165) is 6.08 Å². The van der Waals surface area contributed by atoms with Crippen LogP contribution in [0.15, 0.2) is 12.7 Å². The maximum atomic E-state index is 10.7. The molecule has 0 aromatic carbocycles. The van der Waals surface area contributed by atoms with Gasteiger partial charge in [-0.15, -0.1) is 0 Å². The van der Waals surface area contributed by atoms with E-state index in [1.54, 1.807) is 0 Å². The minimum atomic E-state index is -0.725. The number of carbonyl (C=O) groups is 1. The van der Waals surface area contributed by atoms with Gasteiger partial charge in [-0.1, -0.05) is 6.58 Å². The molecule has 0 spiro atoms. The fraction of sp³-hybridized carbons (Fsp3) is 0.750. The molecular formula is C12H20O6. The van der Waals surface area contributed by atoms with Crippen LogP contribution < -0.4 is 0 Å². The van der Waals surface area contributed by atoms with Crippen LogP contribution in [0.25, 0.3) is 0 Å². The van der Waals surface area contributed by atoms with Crippen LogP contribution in [-0.4, -0.2) is 60.9 Å². The number of aliphatic hydroxyl groups is 2. The highest BCUT2D eigenvalue weighted by molar-refractivity contribution is 5.81. The van der Waals surface area contributed by atoms with Crippen LogP contribution in [0.2, 0.25) is 0 Å². The monoisotopic (exact) mass is 260 g/mol. The molecule has 3 unspecified atom stereocenters. The van der Waals surface area contributed by atoms with E-state index in [-0.39, 0.29) is 38.4 Å².